The number of hydrogen-bond acceptors (Lipinski definition) is 7. The van der Waals surface area contributed by atoms with Crippen molar-refractivity contribution in [3.05, 3.63) is 0 Å². The van der Waals surface area contributed by atoms with Gasteiger partial charge in [-0.05, 0) is 0 Å². The van der Waals surface area contributed by atoms with Gasteiger partial charge in [0, 0.05) is 6.54 Å². The van der Waals surface area contributed by atoms with Crippen LogP contribution in [0.25, 0.3) is 0 Å². The van der Waals surface area contributed by atoms with Crippen molar-refractivity contribution in [3.8, 4) is 0 Å². The average Bonchev–Trinajstić information content (AvgIpc) is 2.50. The van der Waals surface area contributed by atoms with Gasteiger partial charge in [-0.25, -0.2) is 0 Å². The number of hydrogen-bond donors (Lipinski definition) is 2. The lowest BCUT2D eigenvalue weighted by molar-refractivity contribution is -0.118. The van der Waals surface area contributed by atoms with Crippen LogP contribution in [0.4, 0.5) is 0 Å². The summed E-state index contributed by atoms with van der Waals surface area (Å²) in [5.41, 5.74) is 0. The molecule has 0 aliphatic rings. The molecule has 0 aromatic carbocycles. The second-order valence-corrected chi connectivity index (χ2v) is 4.14. The Bertz CT molecular complexity index is 238. The summed E-state index contributed by atoms with van der Waals surface area (Å²) in [5.74, 6) is 0.0875. The number of carbonyl (C=O) groups excluding carboxylic acids is 1. The van der Waals surface area contributed by atoms with Crippen molar-refractivity contribution in [3.63, 3.8) is 0 Å². The monoisotopic (exact) mass is 321 g/mol. The van der Waals surface area contributed by atoms with Crippen LogP contribution in [0.2, 0.25) is 0 Å². The molecule has 2 radical (unpaired) electrons. The molecule has 21 heavy (non-hydrogen) atoms. The molecule has 0 aliphatic carbocycles. The highest BCUT2D eigenvalue weighted by Gasteiger charge is 1.96. The minimum absolute atomic E-state index is 0.102. The molecular formula is C12H24BNO6S. The van der Waals surface area contributed by atoms with E-state index < -0.39 is 0 Å². The van der Waals surface area contributed by atoms with Gasteiger partial charge >= 0.3 is 0 Å². The highest BCUT2D eigenvalue weighted by molar-refractivity contribution is 7.81. The molecule has 0 unspecified atom stereocenters. The fraction of sp³-hybridized carbons (Fsp3) is 0.917. The van der Waals surface area contributed by atoms with Crippen molar-refractivity contribution < 1.29 is 28.4 Å². The Balaban J connectivity index is 2.98. The second-order valence-electron chi connectivity index (χ2n) is 3.83. The van der Waals surface area contributed by atoms with E-state index in [0.717, 1.165) is 0 Å². The van der Waals surface area contributed by atoms with E-state index in [2.05, 4.69) is 22.6 Å². The van der Waals surface area contributed by atoms with Gasteiger partial charge in [-0.3, -0.25) is 4.79 Å². The van der Waals surface area contributed by atoms with Crippen LogP contribution in [-0.4, -0.2) is 85.7 Å². The third kappa shape index (κ3) is 17.6. The predicted molar refractivity (Wildman–Crippen MR) is 81.8 cm³/mol. The summed E-state index contributed by atoms with van der Waals surface area (Å²) < 4.78 is 25.3. The molecule has 1 amide bonds. The zero-order chi connectivity index (χ0) is 15.6. The average molecular weight is 321 g/mol. The Morgan fingerprint density at radius 3 is 1.67 bits per heavy atom. The highest BCUT2D eigenvalue weighted by atomic mass is 32.1. The first-order valence-corrected chi connectivity index (χ1v) is 7.44. The third-order valence-corrected chi connectivity index (χ3v) is 2.46. The number of thiol groups is 1. The van der Waals surface area contributed by atoms with Gasteiger partial charge in [0.15, 0.2) is 0 Å². The van der Waals surface area contributed by atoms with Crippen molar-refractivity contribution in [2.24, 2.45) is 0 Å². The van der Waals surface area contributed by atoms with E-state index in [9.17, 15) is 4.79 Å². The van der Waals surface area contributed by atoms with Crippen LogP contribution < -0.4 is 5.32 Å². The maximum absolute atomic E-state index is 10.8. The van der Waals surface area contributed by atoms with E-state index in [1.165, 1.54) is 0 Å². The maximum Gasteiger partial charge on any atom is 0.282 e. The van der Waals surface area contributed by atoms with Crippen LogP contribution in [0.5, 0.6) is 0 Å². The summed E-state index contributed by atoms with van der Waals surface area (Å²) >= 11 is 3.84. The fourth-order valence-electron chi connectivity index (χ4n) is 1.19. The van der Waals surface area contributed by atoms with Crippen LogP contribution in [0.15, 0.2) is 0 Å². The van der Waals surface area contributed by atoms with Gasteiger partial charge in [0.25, 0.3) is 8.05 Å². The van der Waals surface area contributed by atoms with Crippen molar-refractivity contribution in [2.45, 2.75) is 0 Å². The van der Waals surface area contributed by atoms with Gasteiger partial charge in [0.05, 0.1) is 65.2 Å². The first-order valence-electron chi connectivity index (χ1n) is 6.81. The van der Waals surface area contributed by atoms with E-state index in [1.807, 2.05) is 0 Å². The fourth-order valence-corrected chi connectivity index (χ4v) is 1.30. The Morgan fingerprint density at radius 2 is 1.24 bits per heavy atom. The summed E-state index contributed by atoms with van der Waals surface area (Å²) in [5, 5.41) is 2.65. The number of ether oxygens (including phenoxy) is 4. The molecule has 0 spiro atoms. The predicted octanol–water partition coefficient (Wildman–Crippen LogP) is -0.801. The van der Waals surface area contributed by atoms with Gasteiger partial charge in [-0.2, -0.15) is 12.6 Å². The number of amides is 1. The van der Waals surface area contributed by atoms with E-state index in [0.29, 0.717) is 66.0 Å². The lowest BCUT2D eigenvalue weighted by Gasteiger charge is -2.07. The van der Waals surface area contributed by atoms with Gasteiger partial charge in [0.1, 0.15) is 0 Å². The van der Waals surface area contributed by atoms with Crippen LogP contribution >= 0.6 is 12.6 Å². The van der Waals surface area contributed by atoms with Crippen molar-refractivity contribution in [1.82, 2.24) is 5.32 Å². The van der Waals surface area contributed by atoms with E-state index in [4.69, 9.17) is 27.0 Å². The summed E-state index contributed by atoms with van der Waals surface area (Å²) in [6.45, 7) is 4.79. The molecule has 0 bridgehead atoms. The molecule has 0 rings (SSSR count). The summed E-state index contributed by atoms with van der Waals surface area (Å²) in [4.78, 5) is 10.8. The minimum Gasteiger partial charge on any atom is -0.445 e. The normalized spacial score (nSPS) is 10.7. The van der Waals surface area contributed by atoms with Crippen LogP contribution in [-0.2, 0) is 28.4 Å². The molecule has 7 nitrogen and oxygen atoms in total. The first kappa shape index (κ1) is 20.7. The Morgan fingerprint density at radius 1 is 0.810 bits per heavy atom. The summed E-state index contributed by atoms with van der Waals surface area (Å²) in [6.07, 6.45) is 0. The standard InChI is InChI=1S/C12H24BNO6S/c13-20-10-9-19-8-7-18-6-5-17-4-3-16-2-1-14-12(15)11-21/h21H,1-11H2,(H,14,15). The van der Waals surface area contributed by atoms with Crippen molar-refractivity contribution in [1.29, 1.82) is 0 Å². The quantitative estimate of drug-likeness (QED) is 0.220. The van der Waals surface area contributed by atoms with Crippen molar-refractivity contribution >= 4 is 26.6 Å². The smallest absolute Gasteiger partial charge is 0.282 e. The Hall–Kier alpha value is -0.315. The molecule has 122 valence electrons. The number of carbonyl (C=O) groups is 1. The molecular weight excluding hydrogens is 297 g/mol. The van der Waals surface area contributed by atoms with Gasteiger partial charge < -0.3 is 28.9 Å². The molecule has 0 aliphatic heterocycles. The number of nitrogens with one attached hydrogen (secondary N) is 1. The molecule has 0 aromatic rings. The van der Waals surface area contributed by atoms with Crippen LogP contribution in [0.3, 0.4) is 0 Å². The van der Waals surface area contributed by atoms with Gasteiger partial charge in [-0.15, -0.1) is 0 Å². The topological polar surface area (TPSA) is 75.2 Å². The van der Waals surface area contributed by atoms with Gasteiger partial charge in [-0.1, -0.05) is 0 Å². The molecule has 9 heteroatoms. The molecule has 0 atom stereocenters. The van der Waals surface area contributed by atoms with E-state index in [1.54, 1.807) is 0 Å². The molecule has 0 heterocycles. The van der Waals surface area contributed by atoms with Gasteiger partial charge in [0.2, 0.25) is 5.91 Å². The third-order valence-electron chi connectivity index (χ3n) is 2.17. The lowest BCUT2D eigenvalue weighted by atomic mass is 10.6. The maximum atomic E-state index is 10.8. The molecule has 0 fully saturated rings. The highest BCUT2D eigenvalue weighted by Crippen LogP contribution is 1.83. The molecule has 1 N–H and O–H groups in total. The largest absolute Gasteiger partial charge is 0.445 e. The first-order chi connectivity index (χ1) is 10.3. The zero-order valence-electron chi connectivity index (χ0n) is 12.3. The minimum atomic E-state index is -0.102. The molecule has 0 saturated carbocycles. The zero-order valence-corrected chi connectivity index (χ0v) is 13.1. The SMILES string of the molecule is [B]OCCOCCOCCOCCOCCNC(=O)CS. The second kappa shape index (κ2) is 17.7. The van der Waals surface area contributed by atoms with Crippen LogP contribution in [0.1, 0.15) is 0 Å². The molecule has 0 saturated heterocycles. The lowest BCUT2D eigenvalue weighted by Crippen LogP contribution is -2.28. The van der Waals surface area contributed by atoms with Crippen LogP contribution in [0, 0.1) is 0 Å². The summed E-state index contributed by atoms with van der Waals surface area (Å²) in [6, 6.07) is 0. The summed E-state index contributed by atoms with van der Waals surface area (Å²) in [7, 11) is 4.84. The Kier molecular flexibility index (Phi) is 17.5. The van der Waals surface area contributed by atoms with E-state index >= 15 is 0 Å². The van der Waals surface area contributed by atoms with E-state index in [-0.39, 0.29) is 11.7 Å². The molecule has 0 aromatic heterocycles. The Labute approximate surface area is 132 Å². The van der Waals surface area contributed by atoms with Crippen molar-refractivity contribution in [2.75, 3.05) is 71.8 Å². The number of rotatable bonds is 16.